The Bertz CT molecular complexity index is 793. The van der Waals surface area contributed by atoms with Gasteiger partial charge in [0, 0.05) is 42.1 Å². The summed E-state index contributed by atoms with van der Waals surface area (Å²) in [4.78, 5) is 7.03. The number of hydrogen-bond donors (Lipinski definition) is 2. The van der Waals surface area contributed by atoms with Gasteiger partial charge in [-0.25, -0.2) is 13.8 Å². The van der Waals surface area contributed by atoms with Crippen LogP contribution in [0.1, 0.15) is 18.2 Å². The van der Waals surface area contributed by atoms with Gasteiger partial charge in [0.25, 0.3) is 0 Å². The molecule has 2 heterocycles. The Morgan fingerprint density at radius 1 is 1.35 bits per heavy atom. The lowest BCUT2D eigenvalue weighted by atomic mass is 10.1. The second-order valence-corrected chi connectivity index (χ2v) is 5.90. The molecule has 0 aliphatic heterocycles. The van der Waals surface area contributed by atoms with Gasteiger partial charge in [-0.2, -0.15) is 0 Å². The van der Waals surface area contributed by atoms with Gasteiger partial charge < -0.3 is 14.9 Å². The van der Waals surface area contributed by atoms with E-state index in [-0.39, 0.29) is 6.04 Å². The van der Waals surface area contributed by atoms with Crippen molar-refractivity contribution in [1.82, 2.24) is 19.9 Å². The fourth-order valence-electron chi connectivity index (χ4n) is 2.94. The number of imidazole rings is 1. The maximum Gasteiger partial charge on any atom is 0.150 e. The molecule has 0 unspecified atom stereocenters. The van der Waals surface area contributed by atoms with Crippen molar-refractivity contribution < 1.29 is 8.78 Å². The lowest BCUT2D eigenvalue weighted by Crippen LogP contribution is -2.31. The van der Waals surface area contributed by atoms with Crippen LogP contribution < -0.4 is 5.32 Å². The second kappa shape index (κ2) is 6.50. The van der Waals surface area contributed by atoms with Crippen molar-refractivity contribution in [2.24, 2.45) is 0 Å². The summed E-state index contributed by atoms with van der Waals surface area (Å²) in [6.45, 7) is 5.56. The quantitative estimate of drug-likeness (QED) is 0.733. The number of fused-ring (bicyclic) bond motifs is 1. The number of rotatable bonds is 6. The summed E-state index contributed by atoms with van der Waals surface area (Å²) in [5, 5.41) is 4.06. The molecule has 3 aromatic rings. The fourth-order valence-corrected chi connectivity index (χ4v) is 2.94. The first-order valence-corrected chi connectivity index (χ1v) is 7.70. The molecule has 0 aliphatic rings. The van der Waals surface area contributed by atoms with Crippen molar-refractivity contribution in [3.8, 4) is 0 Å². The topological polar surface area (TPSA) is 45.6 Å². The molecule has 6 heteroatoms. The molecular weight excluding hydrogens is 298 g/mol. The van der Waals surface area contributed by atoms with E-state index in [1.54, 1.807) is 12.5 Å². The van der Waals surface area contributed by atoms with Crippen LogP contribution >= 0.6 is 0 Å². The first-order chi connectivity index (χ1) is 11.0. The minimum atomic E-state index is -0.546. The van der Waals surface area contributed by atoms with Crippen LogP contribution in [0.2, 0.25) is 0 Å². The molecule has 0 saturated heterocycles. The largest absolute Gasteiger partial charge is 0.356 e. The number of hydrogen-bond acceptors (Lipinski definition) is 2. The zero-order chi connectivity index (χ0) is 16.4. The predicted octanol–water partition coefficient (Wildman–Crippen LogP) is 3.17. The van der Waals surface area contributed by atoms with E-state index in [4.69, 9.17) is 0 Å². The van der Waals surface area contributed by atoms with Crippen LogP contribution in [0.5, 0.6) is 0 Å². The normalized spacial score (nSPS) is 12.9. The zero-order valence-corrected chi connectivity index (χ0v) is 13.2. The van der Waals surface area contributed by atoms with Gasteiger partial charge in [0.05, 0.1) is 11.8 Å². The predicted molar refractivity (Wildman–Crippen MR) is 86.3 cm³/mol. The fraction of sp³-hybridized carbons (Fsp3) is 0.353. The van der Waals surface area contributed by atoms with Crippen LogP contribution in [0.25, 0.3) is 10.9 Å². The lowest BCUT2D eigenvalue weighted by molar-refractivity contribution is 0.480. The number of aryl methyl sites for hydroxylation is 1. The monoisotopic (exact) mass is 318 g/mol. The van der Waals surface area contributed by atoms with Crippen LogP contribution in [0.4, 0.5) is 8.78 Å². The van der Waals surface area contributed by atoms with Crippen LogP contribution in [0, 0.1) is 18.6 Å². The van der Waals surface area contributed by atoms with E-state index in [0.29, 0.717) is 17.3 Å². The number of aromatic amines is 1. The molecule has 1 aromatic carbocycles. The summed E-state index contributed by atoms with van der Waals surface area (Å²) in [6.07, 6.45) is 6.18. The van der Waals surface area contributed by atoms with Crippen LogP contribution in [0.15, 0.2) is 30.9 Å². The van der Waals surface area contributed by atoms with Crippen molar-refractivity contribution >= 4 is 10.9 Å². The Hall–Kier alpha value is -2.21. The van der Waals surface area contributed by atoms with E-state index in [1.807, 2.05) is 17.7 Å². The molecule has 0 amide bonds. The van der Waals surface area contributed by atoms with Crippen LogP contribution in [0.3, 0.4) is 0 Å². The number of nitrogens with zero attached hydrogens (tertiary/aromatic N) is 2. The maximum atomic E-state index is 13.8. The Kier molecular flexibility index (Phi) is 4.43. The number of benzene rings is 1. The summed E-state index contributed by atoms with van der Waals surface area (Å²) in [7, 11) is 0. The van der Waals surface area contributed by atoms with Crippen LogP contribution in [-0.4, -0.2) is 27.1 Å². The van der Waals surface area contributed by atoms with Gasteiger partial charge in [-0.15, -0.1) is 0 Å². The molecule has 0 saturated carbocycles. The highest BCUT2D eigenvalue weighted by Gasteiger charge is 2.13. The van der Waals surface area contributed by atoms with Crippen molar-refractivity contribution in [2.75, 3.05) is 6.54 Å². The lowest BCUT2D eigenvalue weighted by Gasteiger charge is -2.14. The maximum absolute atomic E-state index is 13.8. The Morgan fingerprint density at radius 2 is 2.17 bits per heavy atom. The molecule has 0 fully saturated rings. The molecule has 0 aliphatic carbocycles. The molecule has 1 atom stereocenters. The number of halogens is 2. The van der Waals surface area contributed by atoms with Gasteiger partial charge in [0.2, 0.25) is 0 Å². The number of aromatic nitrogens is 3. The average Bonchev–Trinajstić information content (AvgIpc) is 3.09. The third-order valence-electron chi connectivity index (χ3n) is 4.06. The minimum absolute atomic E-state index is 0.281. The van der Waals surface area contributed by atoms with Gasteiger partial charge in [0.15, 0.2) is 0 Å². The Morgan fingerprint density at radius 3 is 2.91 bits per heavy atom. The van der Waals surface area contributed by atoms with E-state index in [0.717, 1.165) is 30.4 Å². The van der Waals surface area contributed by atoms with E-state index in [1.165, 1.54) is 6.07 Å². The van der Waals surface area contributed by atoms with E-state index >= 15 is 0 Å². The number of nitrogens with one attached hydrogen (secondary N) is 2. The third-order valence-corrected chi connectivity index (χ3v) is 4.06. The van der Waals surface area contributed by atoms with Gasteiger partial charge in [-0.1, -0.05) is 0 Å². The summed E-state index contributed by atoms with van der Waals surface area (Å²) >= 11 is 0. The first-order valence-electron chi connectivity index (χ1n) is 7.70. The molecule has 2 aromatic heterocycles. The smallest absolute Gasteiger partial charge is 0.150 e. The van der Waals surface area contributed by atoms with Crippen molar-refractivity contribution in [3.63, 3.8) is 0 Å². The third kappa shape index (κ3) is 3.42. The van der Waals surface area contributed by atoms with Gasteiger partial charge in [-0.3, -0.25) is 0 Å². The average molecular weight is 318 g/mol. The van der Waals surface area contributed by atoms with Crippen molar-refractivity contribution in [1.29, 1.82) is 0 Å². The SMILES string of the molecule is Cc1[nH]c2c(F)cc(F)cc2c1CCN[C@H](C)Cn1ccnc1. The molecule has 23 heavy (non-hydrogen) atoms. The van der Waals surface area contributed by atoms with E-state index < -0.39 is 11.6 Å². The number of H-pyrrole nitrogens is 1. The highest BCUT2D eigenvalue weighted by molar-refractivity contribution is 5.85. The van der Waals surface area contributed by atoms with Gasteiger partial charge in [0.1, 0.15) is 11.6 Å². The molecule has 2 N–H and O–H groups in total. The first kappa shape index (κ1) is 15.7. The summed E-state index contributed by atoms with van der Waals surface area (Å²) < 4.78 is 29.3. The summed E-state index contributed by atoms with van der Waals surface area (Å²) in [5.41, 5.74) is 2.22. The highest BCUT2D eigenvalue weighted by atomic mass is 19.1. The van der Waals surface area contributed by atoms with Crippen molar-refractivity contribution in [3.05, 3.63) is 53.7 Å². The molecule has 122 valence electrons. The van der Waals surface area contributed by atoms with E-state index in [9.17, 15) is 8.78 Å². The standard InChI is InChI=1S/C17H20F2N4/c1-11(9-23-6-5-20-10-23)21-4-3-14-12(2)22-17-15(14)7-13(18)8-16(17)19/h5-8,10-11,21-22H,3-4,9H2,1-2H3/t11-/m1/s1. The van der Waals surface area contributed by atoms with Gasteiger partial charge >= 0.3 is 0 Å². The highest BCUT2D eigenvalue weighted by Crippen LogP contribution is 2.25. The second-order valence-electron chi connectivity index (χ2n) is 5.90. The van der Waals surface area contributed by atoms with Gasteiger partial charge in [-0.05, 0) is 38.4 Å². The van der Waals surface area contributed by atoms with Crippen molar-refractivity contribution in [2.45, 2.75) is 32.9 Å². The molecule has 3 rings (SSSR count). The zero-order valence-electron chi connectivity index (χ0n) is 13.2. The minimum Gasteiger partial charge on any atom is -0.356 e. The summed E-state index contributed by atoms with van der Waals surface area (Å²) in [6, 6.07) is 2.59. The molecule has 0 spiro atoms. The van der Waals surface area contributed by atoms with Crippen LogP contribution in [-0.2, 0) is 13.0 Å². The molecule has 0 bridgehead atoms. The molecule has 0 radical (unpaired) electrons. The Balaban J connectivity index is 1.66. The Labute approximate surface area is 133 Å². The van der Waals surface area contributed by atoms with E-state index in [2.05, 4.69) is 22.2 Å². The molecule has 4 nitrogen and oxygen atoms in total. The molecular formula is C17H20F2N4. The summed E-state index contributed by atoms with van der Waals surface area (Å²) in [5.74, 6) is -1.09.